The summed E-state index contributed by atoms with van der Waals surface area (Å²) in [5.41, 5.74) is 0.447. The van der Waals surface area contributed by atoms with Gasteiger partial charge in [0.1, 0.15) is 5.03 Å². The number of carbonyl (C=O) groups excluding carboxylic acids is 1. The van der Waals surface area contributed by atoms with E-state index >= 15 is 0 Å². The Morgan fingerprint density at radius 3 is 2.75 bits per heavy atom. The number of hydrogen-bond acceptors (Lipinski definition) is 8. The molecule has 0 N–H and O–H groups in total. The van der Waals surface area contributed by atoms with Gasteiger partial charge in [0.25, 0.3) is 0 Å². The van der Waals surface area contributed by atoms with Gasteiger partial charge in [0.15, 0.2) is 4.34 Å². The lowest BCUT2D eigenvalue weighted by Gasteiger charge is -2.03. The number of nitrogens with zero attached hydrogens (tertiary/aromatic N) is 4. The summed E-state index contributed by atoms with van der Waals surface area (Å²) < 4.78 is 5.71. The van der Waals surface area contributed by atoms with Crippen LogP contribution in [-0.4, -0.2) is 41.9 Å². The number of ether oxygens (including phenoxy) is 1. The number of anilines is 1. The number of pyridine rings is 1. The summed E-state index contributed by atoms with van der Waals surface area (Å²) in [6, 6.07) is 3.47. The summed E-state index contributed by atoms with van der Waals surface area (Å²) in [7, 11) is 3.84. The Kier molecular flexibility index (Phi) is 4.91. The highest BCUT2D eigenvalue weighted by molar-refractivity contribution is 8.01. The molecule has 0 atom stereocenters. The molecule has 0 unspecified atom stereocenters. The highest BCUT2D eigenvalue weighted by Crippen LogP contribution is 2.31. The van der Waals surface area contributed by atoms with Gasteiger partial charge in [-0.3, -0.25) is 0 Å². The molecule has 20 heavy (non-hydrogen) atoms. The molecular formula is C12H14N4O2S2. The lowest BCUT2D eigenvalue weighted by Crippen LogP contribution is -2.07. The second-order valence-corrected chi connectivity index (χ2v) is 6.18. The van der Waals surface area contributed by atoms with Crippen molar-refractivity contribution in [1.82, 2.24) is 15.2 Å². The second kappa shape index (κ2) is 6.67. The average molecular weight is 310 g/mol. The molecule has 0 radical (unpaired) electrons. The van der Waals surface area contributed by atoms with E-state index in [-0.39, 0.29) is 5.97 Å². The third-order valence-electron chi connectivity index (χ3n) is 2.22. The van der Waals surface area contributed by atoms with Crippen LogP contribution < -0.4 is 4.90 Å². The van der Waals surface area contributed by atoms with Gasteiger partial charge in [-0.05, 0) is 30.8 Å². The van der Waals surface area contributed by atoms with Gasteiger partial charge in [-0.1, -0.05) is 11.3 Å². The van der Waals surface area contributed by atoms with Crippen molar-refractivity contribution in [3.8, 4) is 0 Å². The first kappa shape index (κ1) is 14.7. The fourth-order valence-corrected chi connectivity index (χ4v) is 2.94. The van der Waals surface area contributed by atoms with E-state index in [9.17, 15) is 4.79 Å². The van der Waals surface area contributed by atoms with E-state index in [1.165, 1.54) is 29.3 Å². The van der Waals surface area contributed by atoms with Crippen molar-refractivity contribution in [2.75, 3.05) is 25.6 Å². The lowest BCUT2D eigenvalue weighted by molar-refractivity contribution is 0.0525. The number of hydrogen-bond donors (Lipinski definition) is 0. The van der Waals surface area contributed by atoms with Crippen molar-refractivity contribution in [3.63, 3.8) is 0 Å². The molecule has 106 valence electrons. The zero-order valence-electron chi connectivity index (χ0n) is 11.4. The van der Waals surface area contributed by atoms with Crippen molar-refractivity contribution < 1.29 is 9.53 Å². The second-order valence-electron chi connectivity index (χ2n) is 3.95. The molecule has 0 amide bonds. The molecule has 8 heteroatoms. The molecule has 0 saturated heterocycles. The van der Waals surface area contributed by atoms with E-state index in [4.69, 9.17) is 4.74 Å². The van der Waals surface area contributed by atoms with E-state index in [1.54, 1.807) is 19.1 Å². The van der Waals surface area contributed by atoms with Crippen molar-refractivity contribution >= 4 is 34.2 Å². The molecule has 6 nitrogen and oxygen atoms in total. The molecule has 2 rings (SSSR count). The highest BCUT2D eigenvalue weighted by atomic mass is 32.2. The third kappa shape index (κ3) is 3.67. The minimum absolute atomic E-state index is 0.355. The van der Waals surface area contributed by atoms with Crippen LogP contribution in [0.3, 0.4) is 0 Å². The van der Waals surface area contributed by atoms with Crippen LogP contribution in [0.25, 0.3) is 0 Å². The summed E-state index contributed by atoms with van der Waals surface area (Å²) in [6.07, 6.45) is 1.51. The van der Waals surface area contributed by atoms with Crippen LogP contribution in [0.5, 0.6) is 0 Å². The number of carbonyl (C=O) groups is 1. The fourth-order valence-electron chi connectivity index (χ4n) is 1.29. The predicted molar refractivity (Wildman–Crippen MR) is 78.6 cm³/mol. The topological polar surface area (TPSA) is 68.2 Å². The Labute approximate surface area is 125 Å². The molecule has 0 aliphatic heterocycles. The van der Waals surface area contributed by atoms with Crippen molar-refractivity contribution in [1.29, 1.82) is 0 Å². The number of aromatic nitrogens is 3. The zero-order chi connectivity index (χ0) is 14.5. The monoisotopic (exact) mass is 310 g/mol. The van der Waals surface area contributed by atoms with Gasteiger partial charge in [0.2, 0.25) is 5.13 Å². The maximum Gasteiger partial charge on any atom is 0.339 e. The first-order valence-corrected chi connectivity index (χ1v) is 7.55. The van der Waals surface area contributed by atoms with Crippen LogP contribution in [0, 0.1) is 0 Å². The Balaban J connectivity index is 2.04. The van der Waals surface area contributed by atoms with E-state index in [1.807, 2.05) is 19.0 Å². The summed E-state index contributed by atoms with van der Waals surface area (Å²) in [6.45, 7) is 2.13. The molecule has 0 bridgehead atoms. The Bertz CT molecular complexity index is 583. The smallest absolute Gasteiger partial charge is 0.339 e. The van der Waals surface area contributed by atoms with E-state index in [0.717, 1.165) is 14.5 Å². The summed E-state index contributed by atoms with van der Waals surface area (Å²) in [4.78, 5) is 17.6. The van der Waals surface area contributed by atoms with E-state index in [2.05, 4.69) is 15.2 Å². The minimum atomic E-state index is -0.359. The SMILES string of the molecule is CCOC(=O)c1ccc(Sc2nnc(N(C)C)s2)nc1. The lowest BCUT2D eigenvalue weighted by atomic mass is 10.3. The van der Waals surface area contributed by atoms with Crippen LogP contribution in [-0.2, 0) is 4.74 Å². The molecule has 0 fully saturated rings. The molecule has 0 aliphatic carbocycles. The largest absolute Gasteiger partial charge is 0.462 e. The quantitative estimate of drug-likeness (QED) is 0.785. The minimum Gasteiger partial charge on any atom is -0.462 e. The van der Waals surface area contributed by atoms with Crippen molar-refractivity contribution in [3.05, 3.63) is 23.9 Å². The van der Waals surface area contributed by atoms with Gasteiger partial charge >= 0.3 is 5.97 Å². The molecule has 2 heterocycles. The van der Waals surface area contributed by atoms with Gasteiger partial charge in [-0.2, -0.15) is 0 Å². The van der Waals surface area contributed by atoms with Gasteiger partial charge in [0.05, 0.1) is 12.2 Å². The molecule has 0 saturated carbocycles. The van der Waals surface area contributed by atoms with Gasteiger partial charge < -0.3 is 9.64 Å². The molecule has 0 aliphatic rings. The fraction of sp³-hybridized carbons (Fsp3) is 0.333. The van der Waals surface area contributed by atoms with Crippen LogP contribution in [0.15, 0.2) is 27.7 Å². The van der Waals surface area contributed by atoms with Crippen LogP contribution in [0.4, 0.5) is 5.13 Å². The normalized spacial score (nSPS) is 10.3. The molecular weight excluding hydrogens is 296 g/mol. The summed E-state index contributed by atoms with van der Waals surface area (Å²) in [5.74, 6) is -0.359. The highest BCUT2D eigenvalue weighted by Gasteiger charge is 2.10. The van der Waals surface area contributed by atoms with Gasteiger partial charge in [-0.25, -0.2) is 9.78 Å². The first-order chi connectivity index (χ1) is 9.60. The van der Waals surface area contributed by atoms with Crippen LogP contribution >= 0.6 is 23.1 Å². The maximum atomic E-state index is 11.5. The van der Waals surface area contributed by atoms with Crippen LogP contribution in [0.2, 0.25) is 0 Å². The number of esters is 1. The predicted octanol–water partition coefficient (Wildman–Crippen LogP) is 2.33. The Morgan fingerprint density at radius 2 is 2.20 bits per heavy atom. The Morgan fingerprint density at radius 1 is 1.40 bits per heavy atom. The molecule has 0 aromatic carbocycles. The summed E-state index contributed by atoms with van der Waals surface area (Å²) >= 11 is 2.90. The van der Waals surface area contributed by atoms with Crippen molar-refractivity contribution in [2.45, 2.75) is 16.3 Å². The molecule has 0 spiro atoms. The molecule has 2 aromatic heterocycles. The van der Waals surface area contributed by atoms with E-state index in [0.29, 0.717) is 12.2 Å². The van der Waals surface area contributed by atoms with Gasteiger partial charge in [0, 0.05) is 20.3 Å². The molecule has 2 aromatic rings. The number of rotatable bonds is 5. The first-order valence-electron chi connectivity index (χ1n) is 5.92. The zero-order valence-corrected chi connectivity index (χ0v) is 13.0. The Hall–Kier alpha value is -1.67. The summed E-state index contributed by atoms with van der Waals surface area (Å²) in [5, 5.41) is 9.74. The standard InChI is InChI=1S/C12H14N4O2S2/c1-4-18-10(17)8-5-6-9(13-7-8)19-12-15-14-11(20-12)16(2)3/h5-7H,4H2,1-3H3. The third-order valence-corrected chi connectivity index (χ3v) is 4.31. The van der Waals surface area contributed by atoms with E-state index < -0.39 is 0 Å². The average Bonchev–Trinajstić information content (AvgIpc) is 2.88. The van der Waals surface area contributed by atoms with Crippen molar-refractivity contribution in [2.24, 2.45) is 0 Å². The van der Waals surface area contributed by atoms with Gasteiger partial charge in [-0.15, -0.1) is 10.2 Å². The van der Waals surface area contributed by atoms with Crippen LogP contribution in [0.1, 0.15) is 17.3 Å². The maximum absolute atomic E-state index is 11.5.